The molecule has 0 aliphatic rings. The molecule has 0 spiro atoms. The first-order valence-corrected chi connectivity index (χ1v) is 2.40. The zero-order chi connectivity index (χ0) is 4.00. The van der Waals surface area contributed by atoms with Crippen molar-refractivity contribution < 1.29 is 7.15 Å². The van der Waals surface area contributed by atoms with Crippen LogP contribution in [0.4, 0.5) is 0 Å². The molecule has 0 unspecified atom stereocenters. The average Bonchev–Trinajstić information content (AvgIpc) is 1.50. The van der Waals surface area contributed by atoms with E-state index in [2.05, 4.69) is 0 Å². The van der Waals surface area contributed by atoms with Gasteiger partial charge in [-0.1, -0.05) is 0 Å². The van der Waals surface area contributed by atoms with E-state index >= 15 is 0 Å². The molecule has 20 valence electrons. The van der Waals surface area contributed by atoms with Crippen molar-refractivity contribution in [2.75, 3.05) is 0 Å². The van der Waals surface area contributed by atoms with Gasteiger partial charge in [-0.2, -0.15) is 0 Å². The molecule has 0 amide bonds. The van der Waals surface area contributed by atoms with Crippen LogP contribution in [0, 0.1) is 0 Å². The van der Waals surface area contributed by atoms with Gasteiger partial charge in [-0.25, -0.2) is 0 Å². The van der Waals surface area contributed by atoms with Crippen molar-refractivity contribution in [2.24, 2.45) is 0 Å². The summed E-state index contributed by atoms with van der Waals surface area (Å²) < 4.78 is 16.4. The molecule has 0 fully saturated rings. The van der Waals surface area contributed by atoms with Crippen LogP contribution in [0.3, 0.4) is 0 Å². The molecule has 4 heteroatoms. The Bertz CT molecular complexity index is 8.00. The summed E-state index contributed by atoms with van der Waals surface area (Å²) in [5.41, 5.74) is 0. The Morgan fingerprint density at radius 1 is 1.25 bits per heavy atom. The van der Waals surface area contributed by atoms with Crippen molar-refractivity contribution in [3.8, 4) is 0 Å². The quantitative estimate of drug-likeness (QED) is 0.528. The molecule has 0 aromatic rings. The first kappa shape index (κ1) is 8.83. The summed E-state index contributed by atoms with van der Waals surface area (Å²) in [6, 6.07) is 0. The monoisotopic (exact) mass is 268 g/mol. The summed E-state index contributed by atoms with van der Waals surface area (Å²) in [6.45, 7) is 0. The van der Waals surface area contributed by atoms with Crippen LogP contribution in [0.1, 0.15) is 0 Å². The van der Waals surface area contributed by atoms with Crippen molar-refractivity contribution in [1.82, 2.24) is 0 Å². The predicted molar refractivity (Wildman–Crippen MR) is 12.9 cm³/mol. The Morgan fingerprint density at radius 2 is 1.25 bits per heavy atom. The van der Waals surface area contributed by atoms with E-state index < -0.39 is 0 Å². The van der Waals surface area contributed by atoms with Crippen LogP contribution in [0.25, 0.3) is 0 Å². The van der Waals surface area contributed by atoms with Gasteiger partial charge in [0.1, 0.15) is 0 Å². The predicted octanol–water partition coefficient (Wildman–Crippen LogP) is -0.999. The number of hydrogen-bond acceptors (Lipinski definition) is 2. The van der Waals surface area contributed by atoms with E-state index in [9.17, 15) is 0 Å². The molecule has 2 nitrogen and oxygen atoms in total. The molecule has 4 radical (unpaired) electrons. The van der Waals surface area contributed by atoms with Crippen molar-refractivity contribution in [2.45, 2.75) is 0 Å². The molecule has 0 N–H and O–H groups in total. The zero-order valence-electron chi connectivity index (χ0n) is 1.82. The Balaban J connectivity index is 0. The van der Waals surface area contributed by atoms with Crippen LogP contribution >= 0.6 is 0 Å². The van der Waals surface area contributed by atoms with Gasteiger partial charge >= 0.3 is 38.6 Å². The Kier molecular flexibility index (Phi) is 113. The summed E-state index contributed by atoms with van der Waals surface area (Å²) in [4.78, 5) is 0. The second kappa shape index (κ2) is 51.4. The Labute approximate surface area is 43.2 Å². The van der Waals surface area contributed by atoms with Gasteiger partial charge in [0, 0.05) is 0 Å². The second-order valence-electron chi connectivity index (χ2n) is 0. The maximum atomic E-state index is 8.39. The van der Waals surface area contributed by atoms with E-state index in [1.165, 1.54) is 0 Å². The van der Waals surface area contributed by atoms with Gasteiger partial charge in [-0.3, -0.25) is 0 Å². The van der Waals surface area contributed by atoms with Gasteiger partial charge in [0.2, 0.25) is 0 Å². The third-order valence-electron chi connectivity index (χ3n) is 0. The van der Waals surface area contributed by atoms with Gasteiger partial charge in [0.25, 0.3) is 0 Å². The van der Waals surface area contributed by atoms with Gasteiger partial charge in [-0.05, 0) is 0 Å². The van der Waals surface area contributed by atoms with Crippen LogP contribution in [0.5, 0.6) is 0 Å². The molecule has 0 aliphatic heterocycles. The zero-order valence-corrected chi connectivity index (χ0v) is 6.70. The molecular weight excluding hydrogens is 267 g/mol. The molecule has 4 heavy (non-hydrogen) atoms. The minimum atomic E-state index is 0.0556. The molecule has 0 bridgehead atoms. The first-order valence-electron chi connectivity index (χ1n) is 0.408. The van der Waals surface area contributed by atoms with E-state index in [-0.39, 0.29) is 25.8 Å². The molecule has 0 aliphatic carbocycles. The van der Waals surface area contributed by atoms with Crippen molar-refractivity contribution in [1.29, 1.82) is 0 Å². The van der Waals surface area contributed by atoms with Crippen LogP contribution in [0.15, 0.2) is 0 Å². The van der Waals surface area contributed by atoms with Crippen LogP contribution in [0.2, 0.25) is 0 Å². The van der Waals surface area contributed by atoms with Crippen molar-refractivity contribution in [3.05, 3.63) is 0 Å². The van der Waals surface area contributed by atoms with Crippen LogP contribution in [-0.2, 0) is 7.15 Å². The van der Waals surface area contributed by atoms with Gasteiger partial charge in [0.15, 0.2) is 0 Å². The third-order valence-corrected chi connectivity index (χ3v) is 0. The van der Waals surface area contributed by atoms with E-state index in [4.69, 9.17) is 7.15 Å². The first-order chi connectivity index (χ1) is 2.00. The number of rotatable bonds is 0. The Morgan fingerprint density at radius 3 is 1.25 bits per heavy atom. The van der Waals surface area contributed by atoms with Crippen molar-refractivity contribution in [3.63, 3.8) is 0 Å². The standard InChI is InChI=1S/OSi.O.Pb/c1-2;;. The SMILES string of the molecule is O=[Si].[O]=[Pb]. The Hall–Kier alpha value is 0.739. The molecule has 0 atom stereocenters. The third kappa shape index (κ3) is 15.2. The molecule has 0 rings (SSSR count). The van der Waals surface area contributed by atoms with Gasteiger partial charge in [0.05, 0.1) is 0 Å². The summed E-state index contributed by atoms with van der Waals surface area (Å²) >= 11 is 0.0556. The summed E-state index contributed by atoms with van der Waals surface area (Å²) in [5.74, 6) is 0. The summed E-state index contributed by atoms with van der Waals surface area (Å²) in [6.07, 6.45) is 0. The molecular formula is O2PbSi. The normalized spacial score (nSPS) is 2.00. The minimum absolute atomic E-state index is 0.0556. The average molecular weight is 267 g/mol. The molecule has 0 saturated heterocycles. The molecule has 0 saturated carbocycles. The van der Waals surface area contributed by atoms with E-state index in [0.29, 0.717) is 0 Å². The second-order valence-corrected chi connectivity index (χ2v) is 0. The number of hydrogen-bond donors (Lipinski definition) is 0. The van der Waals surface area contributed by atoms with E-state index in [1.807, 2.05) is 0 Å². The molecule has 0 heterocycles. The molecule has 0 aromatic heterocycles. The van der Waals surface area contributed by atoms with E-state index in [1.54, 1.807) is 10.1 Å². The van der Waals surface area contributed by atoms with Crippen molar-refractivity contribution >= 4 is 35.9 Å². The fraction of sp³-hybridized carbons (Fsp3) is 0. The van der Waals surface area contributed by atoms with E-state index in [0.717, 1.165) is 0 Å². The van der Waals surface area contributed by atoms with Crippen LogP contribution in [-0.4, -0.2) is 35.9 Å². The summed E-state index contributed by atoms with van der Waals surface area (Å²) in [5, 5.41) is 0. The fourth-order valence-electron chi connectivity index (χ4n) is 0. The topological polar surface area (TPSA) is 34.1 Å². The molecule has 0 aromatic carbocycles. The maximum absolute atomic E-state index is 8.39. The fourth-order valence-corrected chi connectivity index (χ4v) is 0. The van der Waals surface area contributed by atoms with Gasteiger partial charge < -0.3 is 4.46 Å². The van der Waals surface area contributed by atoms with Crippen LogP contribution < -0.4 is 0 Å². The van der Waals surface area contributed by atoms with Gasteiger partial charge in [-0.15, -0.1) is 0 Å². The summed E-state index contributed by atoms with van der Waals surface area (Å²) in [7, 11) is 1.72.